The smallest absolute Gasteiger partial charge is 0.327 e. The Morgan fingerprint density at radius 3 is 2.83 bits per heavy atom. The lowest BCUT2D eigenvalue weighted by molar-refractivity contribution is -0.125. The molecule has 6 heteroatoms. The summed E-state index contributed by atoms with van der Waals surface area (Å²) in [4.78, 5) is 27.6. The van der Waals surface area contributed by atoms with Gasteiger partial charge < -0.3 is 9.64 Å². The van der Waals surface area contributed by atoms with Crippen LogP contribution in [-0.2, 0) is 16.1 Å². The third-order valence-electron chi connectivity index (χ3n) is 5.70. The predicted molar refractivity (Wildman–Crippen MR) is 84.7 cm³/mol. The molecule has 0 unspecified atom stereocenters. The van der Waals surface area contributed by atoms with E-state index in [0.717, 1.165) is 25.9 Å². The van der Waals surface area contributed by atoms with E-state index < -0.39 is 0 Å². The molecule has 128 valence electrons. The number of fused-ring (bicyclic) bond motifs is 1. The van der Waals surface area contributed by atoms with Crippen molar-refractivity contribution in [1.82, 2.24) is 9.80 Å². The summed E-state index contributed by atoms with van der Waals surface area (Å²) >= 11 is 0. The largest absolute Gasteiger partial charge is 0.378 e. The lowest BCUT2D eigenvalue weighted by Gasteiger charge is -2.36. The predicted octanol–water partition coefficient (Wildman–Crippen LogP) is 2.47. The molecule has 1 saturated carbocycles. The zero-order chi connectivity index (χ0) is 16.9. The highest BCUT2D eigenvalue weighted by Gasteiger charge is 2.51. The lowest BCUT2D eigenvalue weighted by atomic mass is 9.68. The first kappa shape index (κ1) is 15.6. The van der Waals surface area contributed by atoms with E-state index in [1.54, 1.807) is 24.0 Å². The van der Waals surface area contributed by atoms with E-state index in [9.17, 15) is 14.0 Å². The minimum Gasteiger partial charge on any atom is -0.378 e. The van der Waals surface area contributed by atoms with E-state index in [4.69, 9.17) is 4.74 Å². The van der Waals surface area contributed by atoms with Crippen LogP contribution in [0.2, 0.25) is 0 Å². The van der Waals surface area contributed by atoms with Crippen LogP contribution in [0.5, 0.6) is 0 Å². The zero-order valence-electron chi connectivity index (χ0n) is 13.8. The van der Waals surface area contributed by atoms with Gasteiger partial charge in [-0.3, -0.25) is 9.69 Å². The van der Waals surface area contributed by atoms with Crippen LogP contribution < -0.4 is 0 Å². The van der Waals surface area contributed by atoms with Crippen molar-refractivity contribution < 1.29 is 18.7 Å². The molecule has 1 aliphatic carbocycles. The summed E-state index contributed by atoms with van der Waals surface area (Å²) in [7, 11) is 0. The number of benzene rings is 1. The maximum atomic E-state index is 13.7. The molecule has 0 spiro atoms. The van der Waals surface area contributed by atoms with Gasteiger partial charge in [0.15, 0.2) is 0 Å². The summed E-state index contributed by atoms with van der Waals surface area (Å²) in [5, 5.41) is 0. The monoisotopic (exact) mass is 332 g/mol. The number of hydrogen-bond donors (Lipinski definition) is 0. The SMILES string of the molecule is Cc1c(F)cccc1CN1C(=O)CN(CCC23COC(C2)C3)C1=O. The second-order valence-corrected chi connectivity index (χ2v) is 7.30. The van der Waals surface area contributed by atoms with Crippen molar-refractivity contribution in [2.75, 3.05) is 19.7 Å². The van der Waals surface area contributed by atoms with E-state index in [1.807, 2.05) is 0 Å². The summed E-state index contributed by atoms with van der Waals surface area (Å²) in [5.74, 6) is -0.529. The summed E-state index contributed by atoms with van der Waals surface area (Å²) in [5.41, 5.74) is 1.38. The molecule has 3 saturated heterocycles. The fourth-order valence-corrected chi connectivity index (χ4v) is 4.00. The third-order valence-corrected chi connectivity index (χ3v) is 5.70. The van der Waals surface area contributed by atoms with Gasteiger partial charge in [-0.15, -0.1) is 0 Å². The Balaban J connectivity index is 1.40. The van der Waals surface area contributed by atoms with E-state index >= 15 is 0 Å². The van der Waals surface area contributed by atoms with Gasteiger partial charge in [0.1, 0.15) is 12.4 Å². The number of hydrogen-bond acceptors (Lipinski definition) is 3. The standard InChI is InChI=1S/C18H21FN2O3/c1-12-13(3-2-4-15(12)19)9-21-16(22)10-20(17(21)23)6-5-18-7-14(8-18)24-11-18/h2-4,14H,5-11H2,1H3. The zero-order valence-corrected chi connectivity index (χ0v) is 13.8. The van der Waals surface area contributed by atoms with Gasteiger partial charge in [0.2, 0.25) is 0 Å². The molecular weight excluding hydrogens is 311 g/mol. The first-order chi connectivity index (χ1) is 11.5. The third kappa shape index (κ3) is 2.49. The van der Waals surface area contributed by atoms with Crippen LogP contribution in [0, 0.1) is 18.2 Å². The molecule has 1 aromatic carbocycles. The molecule has 2 bridgehead atoms. The van der Waals surface area contributed by atoms with E-state index in [1.165, 1.54) is 11.0 Å². The number of carbonyl (C=O) groups is 2. The first-order valence-corrected chi connectivity index (χ1v) is 8.42. The number of carbonyl (C=O) groups excluding carboxylic acids is 2. The Morgan fingerprint density at radius 1 is 1.33 bits per heavy atom. The molecule has 24 heavy (non-hydrogen) atoms. The number of halogens is 1. The lowest BCUT2D eigenvalue weighted by Crippen LogP contribution is -2.38. The Morgan fingerprint density at radius 2 is 2.12 bits per heavy atom. The summed E-state index contributed by atoms with van der Waals surface area (Å²) < 4.78 is 19.3. The number of amides is 3. The van der Waals surface area contributed by atoms with Crippen LogP contribution in [-0.4, -0.2) is 47.5 Å². The second-order valence-electron chi connectivity index (χ2n) is 7.30. The van der Waals surface area contributed by atoms with Crippen LogP contribution in [0.3, 0.4) is 0 Å². The second kappa shape index (κ2) is 5.55. The molecular formula is C18H21FN2O3. The van der Waals surface area contributed by atoms with Crippen LogP contribution in [0.25, 0.3) is 0 Å². The highest BCUT2D eigenvalue weighted by molar-refractivity contribution is 6.01. The molecule has 3 amide bonds. The molecule has 4 fully saturated rings. The van der Waals surface area contributed by atoms with Crippen LogP contribution in [0.1, 0.15) is 30.4 Å². The molecule has 3 aliphatic heterocycles. The summed E-state index contributed by atoms with van der Waals surface area (Å²) in [6.07, 6.45) is 3.45. The van der Waals surface area contributed by atoms with E-state index in [-0.39, 0.29) is 36.3 Å². The van der Waals surface area contributed by atoms with E-state index in [2.05, 4.69) is 0 Å². The molecule has 4 aliphatic rings. The molecule has 1 aromatic rings. The van der Waals surface area contributed by atoms with Gasteiger partial charge in [-0.05, 0) is 43.4 Å². The van der Waals surface area contributed by atoms with Crippen LogP contribution in [0.4, 0.5) is 9.18 Å². The topological polar surface area (TPSA) is 49.9 Å². The first-order valence-electron chi connectivity index (χ1n) is 8.42. The average Bonchev–Trinajstić information content (AvgIpc) is 3.18. The molecule has 0 aromatic heterocycles. The van der Waals surface area contributed by atoms with Gasteiger partial charge in [-0.1, -0.05) is 12.1 Å². The normalized spacial score (nSPS) is 28.7. The highest BCUT2D eigenvalue weighted by Crippen LogP contribution is 2.52. The van der Waals surface area contributed by atoms with Gasteiger partial charge in [0.25, 0.3) is 5.91 Å². The van der Waals surface area contributed by atoms with Gasteiger partial charge >= 0.3 is 6.03 Å². The minimum absolute atomic E-state index is 0.119. The minimum atomic E-state index is -0.316. The van der Waals surface area contributed by atoms with Crippen molar-refractivity contribution in [3.05, 3.63) is 35.1 Å². The maximum Gasteiger partial charge on any atom is 0.327 e. The average molecular weight is 332 g/mol. The number of nitrogens with zero attached hydrogens (tertiary/aromatic N) is 2. The van der Waals surface area contributed by atoms with Crippen LogP contribution in [0.15, 0.2) is 18.2 Å². The molecule has 3 heterocycles. The number of urea groups is 1. The molecule has 0 radical (unpaired) electrons. The van der Waals surface area contributed by atoms with Crippen LogP contribution >= 0.6 is 0 Å². The Bertz CT molecular complexity index is 694. The number of rotatable bonds is 5. The van der Waals surface area contributed by atoms with Crippen molar-refractivity contribution in [1.29, 1.82) is 0 Å². The highest BCUT2D eigenvalue weighted by atomic mass is 19.1. The quantitative estimate of drug-likeness (QED) is 0.778. The van der Waals surface area contributed by atoms with Crippen molar-refractivity contribution >= 4 is 11.9 Å². The van der Waals surface area contributed by atoms with E-state index in [0.29, 0.717) is 23.8 Å². The Kier molecular flexibility index (Phi) is 3.60. The van der Waals surface area contributed by atoms with Gasteiger partial charge in [-0.2, -0.15) is 0 Å². The Labute approximate surface area is 140 Å². The number of ether oxygens (including phenoxy) is 1. The summed E-state index contributed by atoms with van der Waals surface area (Å²) in [6, 6.07) is 4.47. The summed E-state index contributed by atoms with van der Waals surface area (Å²) in [6.45, 7) is 3.28. The molecule has 0 atom stereocenters. The van der Waals surface area contributed by atoms with Gasteiger partial charge in [0, 0.05) is 12.0 Å². The van der Waals surface area contributed by atoms with Crippen molar-refractivity contribution in [2.24, 2.45) is 5.41 Å². The maximum absolute atomic E-state index is 13.7. The van der Waals surface area contributed by atoms with Gasteiger partial charge in [0.05, 0.1) is 19.3 Å². The fourth-order valence-electron chi connectivity index (χ4n) is 4.00. The van der Waals surface area contributed by atoms with Crippen molar-refractivity contribution in [3.8, 4) is 0 Å². The van der Waals surface area contributed by atoms with Gasteiger partial charge in [-0.25, -0.2) is 9.18 Å². The molecule has 5 rings (SSSR count). The number of imide groups is 1. The Hall–Kier alpha value is -1.95. The molecule has 0 N–H and O–H groups in total. The van der Waals surface area contributed by atoms with Crippen molar-refractivity contribution in [2.45, 2.75) is 38.8 Å². The fraction of sp³-hybridized carbons (Fsp3) is 0.556. The molecule has 5 nitrogen and oxygen atoms in total. The van der Waals surface area contributed by atoms with Crippen molar-refractivity contribution in [3.63, 3.8) is 0 Å².